The first-order chi connectivity index (χ1) is 12.9. The van der Waals surface area contributed by atoms with Crippen LogP contribution < -0.4 is 51.4 Å². The monoisotopic (exact) mass is 590 g/mol. The number of halogens is 18. The van der Waals surface area contributed by atoms with Gasteiger partial charge in [-0.3, -0.25) is 0 Å². The van der Waals surface area contributed by atoms with Crippen molar-refractivity contribution in [3.8, 4) is 0 Å². The zero-order chi connectivity index (χ0) is 26.3. The van der Waals surface area contributed by atoms with Crippen LogP contribution in [0.2, 0.25) is 0 Å². The van der Waals surface area contributed by atoms with Gasteiger partial charge in [0.2, 0.25) is 0 Å². The molecule has 0 amide bonds. The Labute approximate surface area is 212 Å². The molecule has 32 heavy (non-hydrogen) atoms. The van der Waals surface area contributed by atoms with E-state index in [-0.39, 0.29) is 51.4 Å². The molecule has 0 saturated heterocycles. The Bertz CT molecular complexity index is 692. The molecule has 0 unspecified atom stereocenters. The van der Waals surface area contributed by atoms with Crippen LogP contribution in [-0.2, 0) is 24.1 Å². The minimum absolute atomic E-state index is 0. The van der Waals surface area contributed by atoms with Crippen LogP contribution >= 0.6 is 11.6 Å². The van der Waals surface area contributed by atoms with Crippen molar-refractivity contribution in [1.82, 2.24) is 0 Å². The molecule has 1 N–H and O–H groups in total. The average molecular weight is 591 g/mol. The maximum absolute atomic E-state index is 12.9. The van der Waals surface area contributed by atoms with Crippen molar-refractivity contribution < 1.29 is 144 Å². The van der Waals surface area contributed by atoms with Gasteiger partial charge in [-0.15, -0.1) is 0 Å². The van der Waals surface area contributed by atoms with Crippen molar-refractivity contribution in [3.63, 3.8) is 0 Å². The molecule has 24 heteroatoms. The summed E-state index contributed by atoms with van der Waals surface area (Å²) in [5.74, 6) is -32.6. The van der Waals surface area contributed by atoms with E-state index in [1.807, 2.05) is 0 Å². The maximum Gasteiger partial charge on any atom is 1.00 e. The zero-order valence-electron chi connectivity index (χ0n) is 13.9. The van der Waals surface area contributed by atoms with Crippen molar-refractivity contribution in [3.05, 3.63) is 0 Å². The Kier molecular flexibility index (Phi) is 12.4. The van der Waals surface area contributed by atoms with E-state index >= 15 is 0 Å². The first-order valence-corrected chi connectivity index (χ1v) is 7.24. The van der Waals surface area contributed by atoms with E-state index in [0.29, 0.717) is 0 Å². The summed E-state index contributed by atoms with van der Waals surface area (Å²) in [6.45, 7) is 0. The summed E-state index contributed by atoms with van der Waals surface area (Å²) in [5, 5.41) is -6.79. The second kappa shape index (κ2) is 10.7. The van der Waals surface area contributed by atoms with Crippen LogP contribution in [0.5, 0.6) is 0 Å². The second-order valence-electron chi connectivity index (χ2n) is 4.65. The summed E-state index contributed by atoms with van der Waals surface area (Å²) >= 11 is 3.32. The Morgan fingerprint density at radius 3 is 1.03 bits per heavy atom. The van der Waals surface area contributed by atoms with Crippen LogP contribution in [0.3, 0.4) is 0 Å². The summed E-state index contributed by atoms with van der Waals surface area (Å²) in [4.78, 5) is 0. The van der Waals surface area contributed by atoms with Gasteiger partial charge < -0.3 is 13.0 Å². The van der Waals surface area contributed by atoms with E-state index in [1.165, 1.54) is 0 Å². The van der Waals surface area contributed by atoms with Crippen LogP contribution in [0.1, 0.15) is 0 Å². The van der Waals surface area contributed by atoms with Gasteiger partial charge in [0, 0.05) is 11.0 Å². The molecule has 0 radical (unpaired) electrons. The topological polar surface area (TPSA) is 63.6 Å². The smallest absolute Gasteiger partial charge is 0.439 e. The molecular weight excluding hydrogens is 590 g/mol. The Balaban J connectivity index is -0.00000154. The third-order valence-corrected chi connectivity index (χ3v) is 2.73. The summed E-state index contributed by atoms with van der Waals surface area (Å²) in [7, 11) is -2.86. The summed E-state index contributed by atoms with van der Waals surface area (Å²) in [5.41, 5.74) is 0. The fourth-order valence-electron chi connectivity index (χ4n) is 1.04. The summed E-state index contributed by atoms with van der Waals surface area (Å²) in [6, 6.07) is 0. The van der Waals surface area contributed by atoms with Gasteiger partial charge in [-0.2, -0.15) is 74.6 Å². The van der Waals surface area contributed by atoms with Gasteiger partial charge >= 0.3 is 98.8 Å². The van der Waals surface area contributed by atoms with Crippen LogP contribution in [0.25, 0.3) is 0 Å². The largest absolute Gasteiger partial charge is 1.00 e. The Morgan fingerprint density at radius 2 is 0.812 bits per heavy atom. The van der Waals surface area contributed by atoms with Crippen molar-refractivity contribution in [1.29, 1.82) is 0 Å². The van der Waals surface area contributed by atoms with E-state index in [4.69, 9.17) is 13.0 Å². The van der Waals surface area contributed by atoms with E-state index in [9.17, 15) is 74.6 Å². The normalized spacial score (nSPS) is 15.1. The molecule has 0 aliphatic rings. The molecule has 0 spiro atoms. The number of ether oxygens (including phenoxy) is 1. The number of alkyl halides is 18. The fraction of sp³-hybridized carbons (Fsp3) is 1.00. The first kappa shape index (κ1) is 37.2. The van der Waals surface area contributed by atoms with Gasteiger partial charge in [-0.1, -0.05) is 0 Å². The SMILES string of the molecule is FC(F)(F)C(F)(F)OC(F)(F)C(F)(F)C(F)(F)C(F)(F)C(F)(F)C(F)(F)Cl.O=[S-](=O)O.[K+]. The van der Waals surface area contributed by atoms with Gasteiger partial charge in [-0.25, -0.2) is 4.74 Å². The second-order valence-corrected chi connectivity index (χ2v) is 5.55. The molecule has 0 aromatic rings. The third kappa shape index (κ3) is 7.30. The van der Waals surface area contributed by atoms with Gasteiger partial charge in [0.15, 0.2) is 0 Å². The number of hydrogen-bond donors (Lipinski definition) is 1. The molecule has 190 valence electrons. The van der Waals surface area contributed by atoms with E-state index < -0.39 is 58.5 Å². The van der Waals surface area contributed by atoms with Gasteiger partial charge in [0.05, 0.1) is 0 Å². The molecule has 0 aromatic carbocycles. The fourth-order valence-corrected chi connectivity index (χ4v) is 1.16. The first-order valence-electron chi connectivity index (χ1n) is 5.83. The number of rotatable bonds is 7. The average Bonchev–Trinajstić information content (AvgIpc) is 2.42. The quantitative estimate of drug-likeness (QED) is 0.124. The predicted molar refractivity (Wildman–Crippen MR) is 59.0 cm³/mol. The molecule has 0 aliphatic heterocycles. The van der Waals surface area contributed by atoms with E-state index in [1.54, 1.807) is 0 Å². The van der Waals surface area contributed by atoms with Crippen LogP contribution in [0.15, 0.2) is 0 Å². The van der Waals surface area contributed by atoms with Crippen LogP contribution in [0, 0.1) is 0 Å². The Hall–Kier alpha value is 0.606. The molecule has 0 fully saturated rings. The number of hydrogen-bond acceptors (Lipinski definition) is 4. The molecule has 0 heterocycles. The van der Waals surface area contributed by atoms with Gasteiger partial charge in [0.1, 0.15) is 0 Å². The minimum Gasteiger partial charge on any atom is -0.439 e. The predicted octanol–water partition coefficient (Wildman–Crippen LogP) is 2.90. The molecular formula is C8HClF17KO4S. The van der Waals surface area contributed by atoms with Crippen LogP contribution in [0.4, 0.5) is 74.6 Å². The standard InChI is InChI=1S/C8ClF17O.K.HO3S/c9-5(18,19)3(14,15)1(10,11)2(12,13)4(16,17)7(23,24)27-8(25,26)6(20,21)22;;1-4(2)3/h;;(H,1,2,3)/q;+1;-1. The summed E-state index contributed by atoms with van der Waals surface area (Å²) in [6.07, 6.45) is -22.6. The molecule has 0 rings (SSSR count). The van der Waals surface area contributed by atoms with Gasteiger partial charge in [-0.05, 0) is 11.6 Å². The van der Waals surface area contributed by atoms with Crippen molar-refractivity contribution in [2.24, 2.45) is 0 Å². The van der Waals surface area contributed by atoms with E-state index in [0.717, 1.165) is 4.74 Å². The molecule has 0 saturated carbocycles. The maximum atomic E-state index is 12.9. The van der Waals surface area contributed by atoms with Crippen LogP contribution in [-0.4, -0.2) is 52.0 Å². The van der Waals surface area contributed by atoms with Crippen molar-refractivity contribution in [2.75, 3.05) is 0 Å². The molecule has 0 atom stereocenters. The van der Waals surface area contributed by atoms with Crippen molar-refractivity contribution in [2.45, 2.75) is 47.5 Å². The van der Waals surface area contributed by atoms with Crippen molar-refractivity contribution >= 4 is 22.6 Å². The molecule has 0 aliphatic carbocycles. The van der Waals surface area contributed by atoms with Gasteiger partial charge in [0.25, 0.3) is 0 Å². The molecule has 0 aromatic heterocycles. The Morgan fingerprint density at radius 1 is 0.562 bits per heavy atom. The molecule has 0 bridgehead atoms. The molecule has 4 nitrogen and oxygen atoms in total. The zero-order valence-corrected chi connectivity index (χ0v) is 18.6. The third-order valence-electron chi connectivity index (χ3n) is 2.49. The summed E-state index contributed by atoms with van der Waals surface area (Å²) < 4.78 is 236. The minimum atomic E-state index is -8.40. The van der Waals surface area contributed by atoms with E-state index in [2.05, 4.69) is 11.6 Å².